The van der Waals surface area contributed by atoms with E-state index < -0.39 is 12.1 Å². The van der Waals surface area contributed by atoms with Gasteiger partial charge in [-0.2, -0.15) is 4.98 Å². The van der Waals surface area contributed by atoms with Gasteiger partial charge in [-0.15, -0.1) is 0 Å². The summed E-state index contributed by atoms with van der Waals surface area (Å²) in [5.74, 6) is 2.12. The lowest BCUT2D eigenvalue weighted by Gasteiger charge is -2.24. The molecule has 150 valence electrons. The first-order valence-corrected chi connectivity index (χ1v) is 8.78. The van der Waals surface area contributed by atoms with Gasteiger partial charge in [-0.25, -0.2) is 4.79 Å². The van der Waals surface area contributed by atoms with E-state index in [1.165, 1.54) is 7.11 Å². The van der Waals surface area contributed by atoms with E-state index in [1.807, 2.05) is 6.07 Å². The lowest BCUT2D eigenvalue weighted by molar-refractivity contribution is -0.156. The summed E-state index contributed by atoms with van der Waals surface area (Å²) in [5, 5.41) is 3.92. The summed E-state index contributed by atoms with van der Waals surface area (Å²) < 4.78 is 32.0. The fraction of sp³-hybridized carbons (Fsp3) is 0.250. The maximum absolute atomic E-state index is 12.3. The first-order chi connectivity index (χ1) is 14.2. The third kappa shape index (κ3) is 3.93. The molecular formula is C20H18N2O7. The monoisotopic (exact) mass is 398 g/mol. The van der Waals surface area contributed by atoms with Crippen LogP contribution in [0.5, 0.6) is 23.0 Å². The Morgan fingerprint density at radius 3 is 2.76 bits per heavy atom. The standard InChI is InChI=1S/C20H18N2O7/c1-24-12-7-8-13(16(9-12)25-2)19-21-18(29-22-19)11-27-20(23)17-10-26-14-5-3-4-6-15(14)28-17/h3-9,17H,10-11H2,1-2H3/t17-/m0/s1. The van der Waals surface area contributed by atoms with Crippen LogP contribution in [-0.4, -0.2) is 43.0 Å². The van der Waals surface area contributed by atoms with Gasteiger partial charge in [0.15, 0.2) is 18.1 Å². The van der Waals surface area contributed by atoms with E-state index >= 15 is 0 Å². The Kier molecular flexibility index (Phi) is 5.19. The number of hydrogen-bond acceptors (Lipinski definition) is 9. The van der Waals surface area contributed by atoms with Crippen LogP contribution in [0.2, 0.25) is 0 Å². The molecule has 0 saturated carbocycles. The molecule has 0 saturated heterocycles. The number of hydrogen-bond donors (Lipinski definition) is 0. The van der Waals surface area contributed by atoms with Crippen LogP contribution in [0.3, 0.4) is 0 Å². The highest BCUT2D eigenvalue weighted by molar-refractivity contribution is 5.76. The molecule has 1 aliphatic heterocycles. The molecular weight excluding hydrogens is 380 g/mol. The summed E-state index contributed by atoms with van der Waals surface area (Å²) in [4.78, 5) is 16.5. The molecule has 1 aliphatic rings. The Bertz CT molecular complexity index is 1020. The van der Waals surface area contributed by atoms with Crippen molar-refractivity contribution < 1.29 is 33.0 Å². The molecule has 2 heterocycles. The van der Waals surface area contributed by atoms with Gasteiger partial charge < -0.3 is 28.2 Å². The summed E-state index contributed by atoms with van der Waals surface area (Å²) >= 11 is 0. The summed E-state index contributed by atoms with van der Waals surface area (Å²) in [5.41, 5.74) is 0.621. The molecule has 4 rings (SSSR count). The number of para-hydroxylation sites is 2. The highest BCUT2D eigenvalue weighted by Crippen LogP contribution is 2.32. The van der Waals surface area contributed by atoms with Crippen molar-refractivity contribution in [2.24, 2.45) is 0 Å². The Hall–Kier alpha value is -3.75. The Labute approximate surface area is 166 Å². The number of carbonyl (C=O) groups is 1. The molecule has 0 radical (unpaired) electrons. The van der Waals surface area contributed by atoms with E-state index in [1.54, 1.807) is 43.5 Å². The second-order valence-corrected chi connectivity index (χ2v) is 6.05. The lowest BCUT2D eigenvalue weighted by atomic mass is 10.2. The number of rotatable bonds is 6. The highest BCUT2D eigenvalue weighted by atomic mass is 16.6. The largest absolute Gasteiger partial charge is 0.497 e. The minimum Gasteiger partial charge on any atom is -0.497 e. The van der Waals surface area contributed by atoms with Crippen molar-refractivity contribution >= 4 is 5.97 Å². The van der Waals surface area contributed by atoms with E-state index in [2.05, 4.69) is 10.1 Å². The number of methoxy groups -OCH3 is 2. The third-order valence-corrected chi connectivity index (χ3v) is 4.23. The average molecular weight is 398 g/mol. The van der Waals surface area contributed by atoms with Gasteiger partial charge in [0.1, 0.15) is 18.1 Å². The predicted molar refractivity (Wildman–Crippen MR) is 99.0 cm³/mol. The van der Waals surface area contributed by atoms with Crippen LogP contribution in [0, 0.1) is 0 Å². The van der Waals surface area contributed by atoms with E-state index in [0.29, 0.717) is 34.4 Å². The molecule has 0 bridgehead atoms. The summed E-state index contributed by atoms with van der Waals surface area (Å²) in [6, 6.07) is 12.3. The zero-order chi connectivity index (χ0) is 20.2. The van der Waals surface area contributed by atoms with E-state index in [-0.39, 0.29) is 19.1 Å². The van der Waals surface area contributed by atoms with Crippen molar-refractivity contribution in [3.05, 3.63) is 48.4 Å². The summed E-state index contributed by atoms with van der Waals surface area (Å²) in [7, 11) is 3.10. The Balaban J connectivity index is 1.39. The van der Waals surface area contributed by atoms with Crippen molar-refractivity contribution in [1.29, 1.82) is 0 Å². The molecule has 3 aromatic rings. The number of esters is 1. The van der Waals surface area contributed by atoms with Crippen LogP contribution in [0.1, 0.15) is 5.89 Å². The van der Waals surface area contributed by atoms with Crippen LogP contribution in [-0.2, 0) is 16.1 Å². The van der Waals surface area contributed by atoms with Crippen LogP contribution in [0.25, 0.3) is 11.4 Å². The normalized spacial score (nSPS) is 14.9. The summed E-state index contributed by atoms with van der Waals surface area (Å²) in [6.07, 6.45) is -0.867. The number of aromatic nitrogens is 2. The van der Waals surface area contributed by atoms with E-state index in [4.69, 9.17) is 28.2 Å². The molecule has 2 aromatic carbocycles. The van der Waals surface area contributed by atoms with Gasteiger partial charge >= 0.3 is 5.97 Å². The zero-order valence-corrected chi connectivity index (χ0v) is 15.8. The molecule has 0 N–H and O–H groups in total. The second-order valence-electron chi connectivity index (χ2n) is 6.05. The van der Waals surface area contributed by atoms with Crippen molar-refractivity contribution in [3.63, 3.8) is 0 Å². The van der Waals surface area contributed by atoms with Gasteiger partial charge in [0.05, 0.1) is 19.8 Å². The predicted octanol–water partition coefficient (Wildman–Crippen LogP) is 2.64. The van der Waals surface area contributed by atoms with Crippen molar-refractivity contribution in [3.8, 4) is 34.4 Å². The molecule has 9 heteroatoms. The van der Waals surface area contributed by atoms with Gasteiger partial charge in [0.25, 0.3) is 5.89 Å². The van der Waals surface area contributed by atoms with Crippen molar-refractivity contribution in [2.45, 2.75) is 12.7 Å². The van der Waals surface area contributed by atoms with Crippen LogP contribution >= 0.6 is 0 Å². The Morgan fingerprint density at radius 2 is 1.97 bits per heavy atom. The fourth-order valence-electron chi connectivity index (χ4n) is 2.77. The van der Waals surface area contributed by atoms with E-state index in [9.17, 15) is 4.79 Å². The third-order valence-electron chi connectivity index (χ3n) is 4.23. The van der Waals surface area contributed by atoms with Gasteiger partial charge in [0.2, 0.25) is 11.9 Å². The smallest absolute Gasteiger partial charge is 0.351 e. The zero-order valence-electron chi connectivity index (χ0n) is 15.8. The minimum atomic E-state index is -0.867. The molecule has 0 spiro atoms. The number of fused-ring (bicyclic) bond motifs is 1. The molecule has 0 unspecified atom stereocenters. The van der Waals surface area contributed by atoms with Crippen LogP contribution < -0.4 is 18.9 Å². The molecule has 9 nitrogen and oxygen atoms in total. The maximum Gasteiger partial charge on any atom is 0.351 e. The first-order valence-electron chi connectivity index (χ1n) is 8.78. The molecule has 1 atom stereocenters. The fourth-order valence-corrected chi connectivity index (χ4v) is 2.77. The van der Waals surface area contributed by atoms with Gasteiger partial charge in [-0.3, -0.25) is 0 Å². The second kappa shape index (κ2) is 8.09. The topological polar surface area (TPSA) is 102 Å². The van der Waals surface area contributed by atoms with Crippen LogP contribution in [0.4, 0.5) is 0 Å². The van der Waals surface area contributed by atoms with E-state index in [0.717, 1.165) is 0 Å². The van der Waals surface area contributed by atoms with Gasteiger partial charge in [-0.1, -0.05) is 17.3 Å². The first kappa shape index (κ1) is 18.6. The SMILES string of the molecule is COc1ccc(-c2noc(COC(=O)[C@@H]3COc4ccccc4O3)n2)c(OC)c1. The maximum atomic E-state index is 12.3. The molecule has 0 aliphatic carbocycles. The molecule has 0 amide bonds. The average Bonchev–Trinajstić information content (AvgIpc) is 3.25. The number of benzene rings is 2. The molecule has 0 fully saturated rings. The van der Waals surface area contributed by atoms with Crippen molar-refractivity contribution in [2.75, 3.05) is 20.8 Å². The molecule has 1 aromatic heterocycles. The van der Waals surface area contributed by atoms with Gasteiger partial charge in [0, 0.05) is 6.07 Å². The minimum absolute atomic E-state index is 0.0635. The number of nitrogens with zero attached hydrogens (tertiary/aromatic N) is 2. The lowest BCUT2D eigenvalue weighted by Crippen LogP contribution is -2.37. The molecule has 29 heavy (non-hydrogen) atoms. The number of carbonyl (C=O) groups excluding carboxylic acids is 1. The van der Waals surface area contributed by atoms with Crippen molar-refractivity contribution in [1.82, 2.24) is 10.1 Å². The Morgan fingerprint density at radius 1 is 1.14 bits per heavy atom. The summed E-state index contributed by atoms with van der Waals surface area (Å²) in [6.45, 7) is -0.125. The highest BCUT2D eigenvalue weighted by Gasteiger charge is 2.29. The number of ether oxygens (including phenoxy) is 5. The quantitative estimate of drug-likeness (QED) is 0.580. The van der Waals surface area contributed by atoms with Crippen LogP contribution in [0.15, 0.2) is 47.0 Å². The van der Waals surface area contributed by atoms with Gasteiger partial charge in [-0.05, 0) is 24.3 Å².